The summed E-state index contributed by atoms with van der Waals surface area (Å²) >= 11 is 0. The maximum Gasteiger partial charge on any atom is 0.134 e. The van der Waals surface area contributed by atoms with Gasteiger partial charge in [0.2, 0.25) is 0 Å². The monoisotopic (exact) mass is 198 g/mol. The summed E-state index contributed by atoms with van der Waals surface area (Å²) in [6.07, 6.45) is 0.399. The Bertz CT molecular complexity index is 347. The van der Waals surface area contributed by atoms with Crippen molar-refractivity contribution in [1.29, 1.82) is 0 Å². The van der Waals surface area contributed by atoms with Crippen LogP contribution in [0.25, 0.3) is 0 Å². The lowest BCUT2D eigenvalue weighted by Gasteiger charge is -2.12. The Labute approximate surface area is 81.7 Å². The summed E-state index contributed by atoms with van der Waals surface area (Å²) in [7, 11) is 0. The Balaban J connectivity index is 3.17. The first-order valence-electron chi connectivity index (χ1n) is 4.31. The molecular weight excluding hydrogens is 186 g/mol. The first-order valence-corrected chi connectivity index (χ1v) is 4.31. The third kappa shape index (κ3) is 1.99. The van der Waals surface area contributed by atoms with Gasteiger partial charge in [-0.2, -0.15) is 0 Å². The molecule has 0 aromatic heterocycles. The Kier molecular flexibility index (Phi) is 3.36. The van der Waals surface area contributed by atoms with Crippen molar-refractivity contribution >= 4 is 0 Å². The van der Waals surface area contributed by atoms with Crippen molar-refractivity contribution in [3.63, 3.8) is 0 Å². The molecule has 1 N–H and O–H groups in total. The smallest absolute Gasteiger partial charge is 0.134 e. The number of aryl methyl sites for hydroxylation is 1. The lowest BCUT2D eigenvalue weighted by atomic mass is 10.0. The topological polar surface area (TPSA) is 20.2 Å². The molecule has 0 aliphatic heterocycles. The summed E-state index contributed by atoms with van der Waals surface area (Å²) in [6, 6.07) is 2.49. The lowest BCUT2D eigenvalue weighted by molar-refractivity contribution is 0.171. The Morgan fingerprint density at radius 2 is 2.14 bits per heavy atom. The molecule has 14 heavy (non-hydrogen) atoms. The molecule has 0 aliphatic rings. The van der Waals surface area contributed by atoms with Gasteiger partial charge in [0, 0.05) is 0 Å². The van der Waals surface area contributed by atoms with Gasteiger partial charge in [-0.05, 0) is 25.0 Å². The van der Waals surface area contributed by atoms with Gasteiger partial charge >= 0.3 is 0 Å². The average molecular weight is 198 g/mol. The molecule has 0 spiro atoms. The molecule has 1 aromatic carbocycles. The molecule has 0 saturated heterocycles. The van der Waals surface area contributed by atoms with Crippen molar-refractivity contribution < 1.29 is 13.9 Å². The van der Waals surface area contributed by atoms with Crippen molar-refractivity contribution in [3.05, 3.63) is 47.5 Å². The summed E-state index contributed by atoms with van der Waals surface area (Å²) in [5.41, 5.74) is 0.0504. The molecule has 1 nitrogen and oxygen atoms in total. The van der Waals surface area contributed by atoms with Crippen LogP contribution in [0, 0.1) is 18.6 Å². The quantitative estimate of drug-likeness (QED) is 0.740. The molecule has 0 aliphatic carbocycles. The van der Waals surface area contributed by atoms with Crippen LogP contribution < -0.4 is 0 Å². The fourth-order valence-corrected chi connectivity index (χ4v) is 1.26. The van der Waals surface area contributed by atoms with E-state index in [1.807, 2.05) is 0 Å². The van der Waals surface area contributed by atoms with E-state index in [-0.39, 0.29) is 12.0 Å². The van der Waals surface area contributed by atoms with Crippen LogP contribution >= 0.6 is 0 Å². The van der Waals surface area contributed by atoms with Crippen molar-refractivity contribution in [1.82, 2.24) is 0 Å². The van der Waals surface area contributed by atoms with E-state index in [1.54, 1.807) is 0 Å². The van der Waals surface area contributed by atoms with Gasteiger partial charge in [0.15, 0.2) is 0 Å². The number of rotatable bonds is 3. The molecule has 0 bridgehead atoms. The number of aliphatic hydroxyl groups is 1. The maximum atomic E-state index is 13.4. The fraction of sp³-hybridized carbons (Fsp3) is 0.273. The summed E-state index contributed by atoms with van der Waals surface area (Å²) in [5.74, 6) is -1.40. The zero-order valence-electron chi connectivity index (χ0n) is 7.93. The highest BCUT2D eigenvalue weighted by molar-refractivity contribution is 5.28. The zero-order chi connectivity index (χ0) is 10.7. The van der Waals surface area contributed by atoms with Gasteiger partial charge in [-0.3, -0.25) is 0 Å². The van der Waals surface area contributed by atoms with Gasteiger partial charge in [-0.1, -0.05) is 12.1 Å². The molecule has 76 valence electrons. The molecule has 1 rings (SSSR count). The number of hydrogen-bond donors (Lipinski definition) is 1. The largest absolute Gasteiger partial charge is 0.388 e. The number of aliphatic hydroxyl groups excluding tert-OH is 1. The van der Waals surface area contributed by atoms with E-state index in [0.717, 1.165) is 6.07 Å². The zero-order valence-corrected chi connectivity index (χ0v) is 7.93. The highest BCUT2D eigenvalue weighted by Crippen LogP contribution is 2.25. The van der Waals surface area contributed by atoms with Crippen molar-refractivity contribution in [2.75, 3.05) is 0 Å². The normalized spacial score (nSPS) is 12.6. The molecule has 1 unspecified atom stereocenters. The molecule has 1 atom stereocenters. The van der Waals surface area contributed by atoms with Crippen LogP contribution in [0.1, 0.15) is 23.7 Å². The minimum atomic E-state index is -1.16. The molecule has 0 saturated carbocycles. The SMILES string of the molecule is C=CCC(O)c1c(F)ccc(C)c1F. The third-order valence-electron chi connectivity index (χ3n) is 2.04. The van der Waals surface area contributed by atoms with Gasteiger partial charge in [-0.25, -0.2) is 8.78 Å². The van der Waals surface area contributed by atoms with E-state index in [2.05, 4.69) is 6.58 Å². The second-order valence-corrected chi connectivity index (χ2v) is 3.13. The van der Waals surface area contributed by atoms with Crippen LogP contribution in [0.2, 0.25) is 0 Å². The number of benzene rings is 1. The van der Waals surface area contributed by atoms with E-state index < -0.39 is 17.7 Å². The van der Waals surface area contributed by atoms with Crippen LogP contribution in [0.15, 0.2) is 24.8 Å². The summed E-state index contributed by atoms with van der Waals surface area (Å²) in [6.45, 7) is 4.93. The van der Waals surface area contributed by atoms with Crippen molar-refractivity contribution in [2.24, 2.45) is 0 Å². The molecule has 0 radical (unpaired) electrons. The van der Waals surface area contributed by atoms with Gasteiger partial charge in [-0.15, -0.1) is 6.58 Å². The van der Waals surface area contributed by atoms with Crippen LogP contribution in [-0.2, 0) is 0 Å². The standard InChI is InChI=1S/C11H12F2O/c1-3-4-9(14)10-8(12)6-5-7(2)11(10)13/h3,5-6,9,14H,1,4H2,2H3. The molecule has 3 heteroatoms. The first-order chi connectivity index (χ1) is 6.57. The van der Waals surface area contributed by atoms with Crippen LogP contribution in [0.5, 0.6) is 0 Å². The van der Waals surface area contributed by atoms with Crippen LogP contribution in [0.3, 0.4) is 0 Å². The summed E-state index contributed by atoms with van der Waals surface area (Å²) < 4.78 is 26.6. The van der Waals surface area contributed by atoms with Crippen molar-refractivity contribution in [2.45, 2.75) is 19.4 Å². The molecule has 0 fully saturated rings. The third-order valence-corrected chi connectivity index (χ3v) is 2.04. The van der Waals surface area contributed by atoms with E-state index in [9.17, 15) is 13.9 Å². The first kappa shape index (κ1) is 10.9. The van der Waals surface area contributed by atoms with Gasteiger partial charge < -0.3 is 5.11 Å². The van der Waals surface area contributed by atoms with E-state index in [0.29, 0.717) is 5.56 Å². The van der Waals surface area contributed by atoms with Gasteiger partial charge in [0.25, 0.3) is 0 Å². The Hall–Kier alpha value is -1.22. The number of halogens is 2. The molecular formula is C11H12F2O. The maximum absolute atomic E-state index is 13.4. The predicted molar refractivity (Wildman–Crippen MR) is 50.9 cm³/mol. The Morgan fingerprint density at radius 1 is 1.50 bits per heavy atom. The molecule has 0 amide bonds. The summed E-state index contributed by atoms with van der Waals surface area (Å²) in [4.78, 5) is 0. The average Bonchev–Trinajstić information content (AvgIpc) is 2.13. The second-order valence-electron chi connectivity index (χ2n) is 3.13. The Morgan fingerprint density at radius 3 is 2.71 bits per heavy atom. The fourth-order valence-electron chi connectivity index (χ4n) is 1.26. The predicted octanol–water partition coefficient (Wildman–Crippen LogP) is 2.88. The lowest BCUT2D eigenvalue weighted by Crippen LogP contribution is -2.04. The minimum absolute atomic E-state index is 0.136. The molecule has 0 heterocycles. The van der Waals surface area contributed by atoms with Crippen LogP contribution in [-0.4, -0.2) is 5.11 Å². The highest BCUT2D eigenvalue weighted by Gasteiger charge is 2.18. The second kappa shape index (κ2) is 4.33. The van der Waals surface area contributed by atoms with Gasteiger partial charge in [0.05, 0.1) is 11.7 Å². The highest BCUT2D eigenvalue weighted by atomic mass is 19.1. The van der Waals surface area contributed by atoms with E-state index in [4.69, 9.17) is 0 Å². The van der Waals surface area contributed by atoms with E-state index in [1.165, 1.54) is 19.1 Å². The van der Waals surface area contributed by atoms with Gasteiger partial charge in [0.1, 0.15) is 11.6 Å². The van der Waals surface area contributed by atoms with E-state index >= 15 is 0 Å². The van der Waals surface area contributed by atoms with Crippen LogP contribution in [0.4, 0.5) is 8.78 Å². The number of hydrogen-bond acceptors (Lipinski definition) is 1. The van der Waals surface area contributed by atoms with Crippen molar-refractivity contribution in [3.8, 4) is 0 Å². The molecule has 1 aromatic rings. The summed E-state index contributed by atoms with van der Waals surface area (Å²) in [5, 5.41) is 9.46. The minimum Gasteiger partial charge on any atom is -0.388 e.